The van der Waals surface area contributed by atoms with Crippen molar-refractivity contribution in [3.05, 3.63) is 95.2 Å². The molecule has 0 aliphatic heterocycles. The van der Waals surface area contributed by atoms with Crippen molar-refractivity contribution in [1.29, 1.82) is 0 Å². The standard InChI is InChI=1S/C34H36N2O3/c1-3-4-18-35-34(38)26-15-13-25(14-16-26)28-20-29-27(17-12-23-8-6-5-7-9-23)30(32(37)19-24-10-11-24)22-36-31(29)21-33(28)39-2/h5-9,13-16,20-22,24H,3-4,10-12,17-19H2,1-2H3,(H,35,38). The molecule has 0 saturated heterocycles. The van der Waals surface area contributed by atoms with Gasteiger partial charge in [0.05, 0.1) is 12.6 Å². The topological polar surface area (TPSA) is 68.3 Å². The van der Waals surface area contributed by atoms with Gasteiger partial charge in [-0.1, -0.05) is 55.8 Å². The van der Waals surface area contributed by atoms with Gasteiger partial charge in [0.1, 0.15) is 5.75 Å². The van der Waals surface area contributed by atoms with Crippen LogP contribution in [0.2, 0.25) is 0 Å². The second-order valence-corrected chi connectivity index (χ2v) is 10.5. The lowest BCUT2D eigenvalue weighted by atomic mass is 9.91. The lowest BCUT2D eigenvalue weighted by Gasteiger charge is -2.16. The van der Waals surface area contributed by atoms with Gasteiger partial charge in [-0.2, -0.15) is 0 Å². The molecule has 1 aliphatic carbocycles. The van der Waals surface area contributed by atoms with Crippen LogP contribution in [0.3, 0.4) is 0 Å². The summed E-state index contributed by atoms with van der Waals surface area (Å²) >= 11 is 0. The molecule has 200 valence electrons. The van der Waals surface area contributed by atoms with Crippen LogP contribution >= 0.6 is 0 Å². The van der Waals surface area contributed by atoms with E-state index in [1.165, 1.54) is 5.56 Å². The van der Waals surface area contributed by atoms with Crippen molar-refractivity contribution >= 4 is 22.6 Å². The van der Waals surface area contributed by atoms with Gasteiger partial charge in [0.25, 0.3) is 5.91 Å². The van der Waals surface area contributed by atoms with E-state index < -0.39 is 0 Å². The maximum atomic E-state index is 13.3. The Morgan fingerprint density at radius 3 is 2.46 bits per heavy atom. The van der Waals surface area contributed by atoms with Crippen LogP contribution in [0.5, 0.6) is 5.75 Å². The molecule has 1 saturated carbocycles. The molecule has 5 rings (SSSR count). The number of carbonyl (C=O) groups is 2. The number of aryl methyl sites for hydroxylation is 2. The van der Waals surface area contributed by atoms with E-state index >= 15 is 0 Å². The molecule has 1 heterocycles. The van der Waals surface area contributed by atoms with Crippen LogP contribution in [0.15, 0.2) is 72.9 Å². The fourth-order valence-corrected chi connectivity index (χ4v) is 5.07. The molecular weight excluding hydrogens is 484 g/mol. The van der Waals surface area contributed by atoms with Crippen molar-refractivity contribution in [2.24, 2.45) is 5.92 Å². The molecule has 0 bridgehead atoms. The molecule has 1 amide bonds. The molecule has 5 heteroatoms. The van der Waals surface area contributed by atoms with E-state index in [1.807, 2.05) is 36.4 Å². The zero-order valence-electron chi connectivity index (χ0n) is 22.8. The molecule has 1 fully saturated rings. The number of rotatable bonds is 12. The van der Waals surface area contributed by atoms with Gasteiger partial charge in [-0.25, -0.2) is 0 Å². The quantitative estimate of drug-likeness (QED) is 0.158. The summed E-state index contributed by atoms with van der Waals surface area (Å²) in [4.78, 5) is 30.6. The number of pyridine rings is 1. The Kier molecular flexibility index (Phi) is 8.36. The van der Waals surface area contributed by atoms with Gasteiger partial charge in [-0.3, -0.25) is 14.6 Å². The Morgan fingerprint density at radius 2 is 1.77 bits per heavy atom. The van der Waals surface area contributed by atoms with E-state index in [4.69, 9.17) is 9.72 Å². The molecule has 3 aromatic carbocycles. The molecule has 39 heavy (non-hydrogen) atoms. The van der Waals surface area contributed by atoms with E-state index in [-0.39, 0.29) is 11.7 Å². The Hall–Kier alpha value is -3.99. The zero-order valence-corrected chi connectivity index (χ0v) is 22.8. The molecule has 1 aliphatic rings. The number of nitrogens with zero attached hydrogens (tertiary/aromatic N) is 1. The van der Waals surface area contributed by atoms with Gasteiger partial charge >= 0.3 is 0 Å². The first kappa shape index (κ1) is 26.6. The number of nitrogens with one attached hydrogen (secondary N) is 1. The van der Waals surface area contributed by atoms with E-state index in [9.17, 15) is 9.59 Å². The predicted octanol–water partition coefficient (Wildman–Crippen LogP) is 7.21. The van der Waals surface area contributed by atoms with E-state index in [2.05, 4.69) is 42.6 Å². The summed E-state index contributed by atoms with van der Waals surface area (Å²) < 4.78 is 5.77. The van der Waals surface area contributed by atoms with Crippen LogP contribution in [0, 0.1) is 5.92 Å². The van der Waals surface area contributed by atoms with E-state index in [0.717, 1.165) is 71.7 Å². The minimum atomic E-state index is -0.0632. The van der Waals surface area contributed by atoms with Crippen molar-refractivity contribution in [3.8, 4) is 16.9 Å². The Morgan fingerprint density at radius 1 is 1.00 bits per heavy atom. The number of carbonyl (C=O) groups excluding carboxylic acids is 2. The molecule has 0 radical (unpaired) electrons. The molecule has 0 unspecified atom stereocenters. The van der Waals surface area contributed by atoms with Crippen molar-refractivity contribution < 1.29 is 14.3 Å². The highest BCUT2D eigenvalue weighted by atomic mass is 16.5. The van der Waals surface area contributed by atoms with E-state index in [0.29, 0.717) is 30.2 Å². The lowest BCUT2D eigenvalue weighted by molar-refractivity contribution is 0.0950. The second-order valence-electron chi connectivity index (χ2n) is 10.5. The predicted molar refractivity (Wildman–Crippen MR) is 156 cm³/mol. The van der Waals surface area contributed by atoms with E-state index in [1.54, 1.807) is 13.3 Å². The fraction of sp³-hybridized carbons (Fsp3) is 0.324. The third kappa shape index (κ3) is 6.36. The average Bonchev–Trinajstić information content (AvgIpc) is 3.79. The van der Waals surface area contributed by atoms with Crippen LogP contribution in [0.1, 0.15) is 70.9 Å². The Bertz CT molecular complexity index is 1460. The van der Waals surface area contributed by atoms with Gasteiger partial charge in [0.2, 0.25) is 0 Å². The summed E-state index contributed by atoms with van der Waals surface area (Å²) in [6, 6.07) is 22.1. The number of ether oxygens (including phenoxy) is 1. The molecule has 1 N–H and O–H groups in total. The van der Waals surface area contributed by atoms with Crippen LogP contribution in [0.25, 0.3) is 22.0 Å². The maximum absolute atomic E-state index is 13.3. The van der Waals surface area contributed by atoms with Crippen molar-refractivity contribution in [2.75, 3.05) is 13.7 Å². The number of hydrogen-bond donors (Lipinski definition) is 1. The van der Waals surface area contributed by atoms with Crippen molar-refractivity contribution in [1.82, 2.24) is 10.3 Å². The summed E-state index contributed by atoms with van der Waals surface area (Å²) in [7, 11) is 1.66. The van der Waals surface area contributed by atoms with Crippen LogP contribution in [-0.4, -0.2) is 30.3 Å². The number of methoxy groups -OCH3 is 1. The van der Waals surface area contributed by atoms with Gasteiger partial charge in [-0.15, -0.1) is 0 Å². The smallest absolute Gasteiger partial charge is 0.251 e. The van der Waals surface area contributed by atoms with Crippen LogP contribution in [-0.2, 0) is 12.8 Å². The van der Waals surface area contributed by atoms with Gasteiger partial charge in [0, 0.05) is 47.3 Å². The van der Waals surface area contributed by atoms with Crippen LogP contribution in [0.4, 0.5) is 0 Å². The number of aromatic nitrogens is 1. The summed E-state index contributed by atoms with van der Waals surface area (Å²) in [5.74, 6) is 1.35. The lowest BCUT2D eigenvalue weighted by Crippen LogP contribution is -2.24. The largest absolute Gasteiger partial charge is 0.496 e. The van der Waals surface area contributed by atoms with Crippen molar-refractivity contribution in [2.45, 2.75) is 51.9 Å². The Balaban J connectivity index is 1.53. The minimum absolute atomic E-state index is 0.0632. The molecule has 0 spiro atoms. The third-order valence-corrected chi connectivity index (χ3v) is 7.55. The van der Waals surface area contributed by atoms with Gasteiger partial charge < -0.3 is 10.1 Å². The number of amides is 1. The highest BCUT2D eigenvalue weighted by Gasteiger charge is 2.27. The first-order valence-electron chi connectivity index (χ1n) is 14.0. The molecule has 4 aromatic rings. The number of unbranched alkanes of at least 4 members (excludes halogenated alkanes) is 1. The normalized spacial score (nSPS) is 12.9. The van der Waals surface area contributed by atoms with Gasteiger partial charge in [0.15, 0.2) is 5.78 Å². The molecule has 1 aromatic heterocycles. The fourth-order valence-electron chi connectivity index (χ4n) is 5.07. The molecule has 0 atom stereocenters. The summed E-state index contributed by atoms with van der Waals surface area (Å²) in [6.07, 6.45) is 8.22. The summed E-state index contributed by atoms with van der Waals surface area (Å²) in [6.45, 7) is 2.78. The van der Waals surface area contributed by atoms with Gasteiger partial charge in [-0.05, 0) is 72.9 Å². The first-order valence-corrected chi connectivity index (χ1v) is 14.0. The number of benzene rings is 3. The summed E-state index contributed by atoms with van der Waals surface area (Å²) in [5.41, 5.74) is 6.33. The Labute approximate surface area is 230 Å². The molecule has 5 nitrogen and oxygen atoms in total. The monoisotopic (exact) mass is 520 g/mol. The zero-order chi connectivity index (χ0) is 27.2. The first-order chi connectivity index (χ1) is 19.1. The number of Topliss-reactive ketones (excluding diaryl/α,β-unsaturated/α-hetero) is 1. The second kappa shape index (κ2) is 12.2. The van der Waals surface area contributed by atoms with Crippen molar-refractivity contribution in [3.63, 3.8) is 0 Å². The highest BCUT2D eigenvalue weighted by molar-refractivity contribution is 6.03. The number of ketones is 1. The minimum Gasteiger partial charge on any atom is -0.496 e. The van der Waals surface area contributed by atoms with Crippen LogP contribution < -0.4 is 10.1 Å². The average molecular weight is 521 g/mol. The maximum Gasteiger partial charge on any atom is 0.251 e. The number of fused-ring (bicyclic) bond motifs is 1. The molecular formula is C34H36N2O3. The highest BCUT2D eigenvalue weighted by Crippen LogP contribution is 2.38. The summed E-state index contributed by atoms with van der Waals surface area (Å²) in [5, 5.41) is 3.95. The number of hydrogen-bond acceptors (Lipinski definition) is 4. The third-order valence-electron chi connectivity index (χ3n) is 7.55. The SMILES string of the molecule is CCCCNC(=O)c1ccc(-c2cc3c(CCc4ccccc4)c(C(=O)CC4CC4)cnc3cc2OC)cc1.